The van der Waals surface area contributed by atoms with Gasteiger partial charge >= 0.3 is 0 Å². The summed E-state index contributed by atoms with van der Waals surface area (Å²) in [5, 5.41) is 5.67. The van der Waals surface area contributed by atoms with E-state index in [9.17, 15) is 0 Å². The van der Waals surface area contributed by atoms with Crippen molar-refractivity contribution in [3.8, 4) is 0 Å². The fourth-order valence-corrected chi connectivity index (χ4v) is 3.69. The summed E-state index contributed by atoms with van der Waals surface area (Å²) in [6, 6.07) is 6.79. The predicted octanol–water partition coefficient (Wildman–Crippen LogP) is 4.17. The molecule has 1 saturated carbocycles. The molecule has 0 saturated heterocycles. The van der Waals surface area contributed by atoms with Crippen LogP contribution in [0.25, 0.3) is 10.9 Å². The number of nitrogens with zero attached hydrogens (tertiary/aromatic N) is 2. The van der Waals surface area contributed by atoms with E-state index in [1.807, 2.05) is 6.20 Å². The molecule has 1 aromatic carbocycles. The molecular weight excluding hydrogens is 330 g/mol. The Morgan fingerprint density at radius 1 is 1.50 bits per heavy atom. The summed E-state index contributed by atoms with van der Waals surface area (Å²) >= 11 is 2.37. The molecule has 4 heteroatoms. The summed E-state index contributed by atoms with van der Waals surface area (Å²) in [6.45, 7) is 2.38. The lowest BCUT2D eigenvalue weighted by atomic mass is 9.98. The number of halogens is 1. The Balaban J connectivity index is 1.96. The van der Waals surface area contributed by atoms with Crippen LogP contribution in [0.2, 0.25) is 0 Å². The molecule has 16 heavy (non-hydrogen) atoms. The molecule has 1 unspecified atom stereocenters. The van der Waals surface area contributed by atoms with Crippen molar-refractivity contribution in [2.45, 2.75) is 26.2 Å². The van der Waals surface area contributed by atoms with Gasteiger partial charge in [0.15, 0.2) is 0 Å². The SMILES string of the molecule is CC1(Cc2ccc3c(cnn3PI)c2)CC1. The molecule has 2 aromatic rings. The molecule has 0 radical (unpaired) electrons. The molecule has 1 atom stereocenters. The van der Waals surface area contributed by atoms with Crippen molar-refractivity contribution in [3.63, 3.8) is 0 Å². The third-order valence-corrected chi connectivity index (χ3v) is 5.33. The van der Waals surface area contributed by atoms with Gasteiger partial charge in [0.05, 0.1) is 18.1 Å². The highest BCUT2D eigenvalue weighted by molar-refractivity contribution is 14.2. The van der Waals surface area contributed by atoms with Gasteiger partial charge in [-0.15, -0.1) is 0 Å². The summed E-state index contributed by atoms with van der Waals surface area (Å²) in [7, 11) is 0. The van der Waals surface area contributed by atoms with Crippen molar-refractivity contribution in [2.75, 3.05) is 0 Å². The Morgan fingerprint density at radius 3 is 3.00 bits per heavy atom. The van der Waals surface area contributed by atoms with Gasteiger partial charge < -0.3 is 0 Å². The highest BCUT2D eigenvalue weighted by Gasteiger charge is 2.36. The summed E-state index contributed by atoms with van der Waals surface area (Å²) in [4.78, 5) is 0. The van der Waals surface area contributed by atoms with E-state index in [0.717, 1.165) is 0 Å². The van der Waals surface area contributed by atoms with E-state index in [-0.39, 0.29) is 0 Å². The number of fused-ring (bicyclic) bond motifs is 1. The summed E-state index contributed by atoms with van der Waals surface area (Å²) in [5.41, 5.74) is 3.32. The van der Waals surface area contributed by atoms with Gasteiger partial charge in [0.2, 0.25) is 0 Å². The lowest BCUT2D eigenvalue weighted by Gasteiger charge is -2.08. The van der Waals surface area contributed by atoms with Crippen LogP contribution in [-0.2, 0) is 6.42 Å². The van der Waals surface area contributed by atoms with E-state index in [1.165, 1.54) is 35.7 Å². The molecule has 1 aliphatic rings. The number of rotatable bonds is 3. The zero-order valence-electron chi connectivity index (χ0n) is 9.20. The second-order valence-electron chi connectivity index (χ2n) is 5.02. The zero-order chi connectivity index (χ0) is 11.2. The van der Waals surface area contributed by atoms with Crippen LogP contribution in [0.3, 0.4) is 0 Å². The fourth-order valence-electron chi connectivity index (χ4n) is 2.14. The van der Waals surface area contributed by atoms with Gasteiger partial charge in [-0.1, -0.05) is 13.0 Å². The Morgan fingerprint density at radius 2 is 2.31 bits per heavy atom. The van der Waals surface area contributed by atoms with E-state index in [0.29, 0.717) is 11.8 Å². The van der Waals surface area contributed by atoms with Gasteiger partial charge in [0.1, 0.15) is 0 Å². The molecule has 1 aliphatic carbocycles. The molecule has 84 valence electrons. The minimum Gasteiger partial charge on any atom is -0.237 e. The Kier molecular flexibility index (Phi) is 2.71. The molecule has 1 heterocycles. The quantitative estimate of drug-likeness (QED) is 0.604. The summed E-state index contributed by atoms with van der Waals surface area (Å²) in [5.74, 6) is 0. The topological polar surface area (TPSA) is 17.8 Å². The molecule has 1 aromatic heterocycles. The predicted molar refractivity (Wildman–Crippen MR) is 78.5 cm³/mol. The average molecular weight is 344 g/mol. The van der Waals surface area contributed by atoms with Gasteiger partial charge in [-0.25, -0.2) is 4.45 Å². The van der Waals surface area contributed by atoms with Gasteiger partial charge in [0, 0.05) is 5.39 Å². The molecule has 0 spiro atoms. The lowest BCUT2D eigenvalue weighted by Crippen LogP contribution is -1.98. The normalized spacial score (nSPS) is 18.6. The highest BCUT2D eigenvalue weighted by Crippen LogP contribution is 2.47. The van der Waals surface area contributed by atoms with Crippen LogP contribution in [-0.4, -0.2) is 9.55 Å². The van der Waals surface area contributed by atoms with E-state index in [4.69, 9.17) is 0 Å². The summed E-state index contributed by atoms with van der Waals surface area (Å²) < 4.78 is 2.07. The van der Waals surface area contributed by atoms with Crippen LogP contribution < -0.4 is 0 Å². The number of benzene rings is 1. The minimum atomic E-state index is 0.592. The molecule has 0 N–H and O–H groups in total. The smallest absolute Gasteiger partial charge is 0.0729 e. The molecule has 3 rings (SSSR count). The van der Waals surface area contributed by atoms with Gasteiger partial charge in [-0.05, 0) is 64.4 Å². The van der Waals surface area contributed by atoms with Crippen LogP contribution in [0.15, 0.2) is 24.4 Å². The molecular formula is C12H14IN2P. The van der Waals surface area contributed by atoms with E-state index in [1.54, 1.807) is 0 Å². The third kappa shape index (κ3) is 2.00. The maximum Gasteiger partial charge on any atom is 0.0729 e. The largest absolute Gasteiger partial charge is 0.237 e. The number of aromatic nitrogens is 2. The molecule has 1 fully saturated rings. The van der Waals surface area contributed by atoms with Crippen molar-refractivity contribution in [2.24, 2.45) is 5.41 Å². The maximum atomic E-state index is 4.39. The minimum absolute atomic E-state index is 0.592. The second kappa shape index (κ2) is 3.95. The van der Waals surface area contributed by atoms with Crippen molar-refractivity contribution < 1.29 is 0 Å². The first-order valence-electron chi connectivity index (χ1n) is 5.54. The van der Waals surface area contributed by atoms with Crippen LogP contribution in [0.1, 0.15) is 25.3 Å². The Hall–Kier alpha value is -0.150. The Bertz CT molecular complexity index is 531. The van der Waals surface area contributed by atoms with Crippen LogP contribution >= 0.6 is 28.4 Å². The molecule has 0 aliphatic heterocycles. The van der Waals surface area contributed by atoms with Crippen molar-refractivity contribution in [3.05, 3.63) is 30.0 Å². The highest BCUT2D eigenvalue weighted by atomic mass is 127. The van der Waals surface area contributed by atoms with Crippen LogP contribution in [0, 0.1) is 5.41 Å². The Labute approximate surface area is 110 Å². The van der Waals surface area contributed by atoms with Gasteiger partial charge in [-0.3, -0.25) is 0 Å². The van der Waals surface area contributed by atoms with Gasteiger partial charge in [0.25, 0.3) is 0 Å². The lowest BCUT2D eigenvalue weighted by molar-refractivity contribution is 0.571. The number of hydrogen-bond acceptors (Lipinski definition) is 1. The van der Waals surface area contributed by atoms with Crippen LogP contribution in [0.4, 0.5) is 0 Å². The fraction of sp³-hybridized carbons (Fsp3) is 0.417. The van der Waals surface area contributed by atoms with Crippen molar-refractivity contribution in [1.29, 1.82) is 0 Å². The first kappa shape index (κ1) is 11.0. The average Bonchev–Trinajstić information content (AvgIpc) is 2.86. The first-order valence-corrected chi connectivity index (χ1v) is 9.60. The maximum absolute atomic E-state index is 4.39. The third-order valence-electron chi connectivity index (χ3n) is 3.45. The first-order chi connectivity index (χ1) is 7.70. The molecule has 0 bridgehead atoms. The number of hydrogen-bond donors (Lipinski definition) is 0. The zero-order valence-corrected chi connectivity index (χ0v) is 12.4. The molecule has 2 nitrogen and oxygen atoms in total. The van der Waals surface area contributed by atoms with E-state index in [2.05, 4.69) is 56.7 Å². The standard InChI is InChI=1S/C12H14IN2P/c1-12(4-5-12)7-9-2-3-11-10(6-9)8-14-15(11)16-13/h2-3,6,8,16H,4-5,7H2,1H3. The van der Waals surface area contributed by atoms with Crippen molar-refractivity contribution >= 4 is 39.3 Å². The molecule has 0 amide bonds. The van der Waals surface area contributed by atoms with Gasteiger partial charge in [-0.2, -0.15) is 5.10 Å². The van der Waals surface area contributed by atoms with Crippen LogP contribution in [0.5, 0.6) is 0 Å². The monoisotopic (exact) mass is 344 g/mol. The second-order valence-corrected chi connectivity index (χ2v) is 7.06. The van der Waals surface area contributed by atoms with E-state index >= 15 is 0 Å². The van der Waals surface area contributed by atoms with Crippen molar-refractivity contribution in [1.82, 2.24) is 9.55 Å². The summed E-state index contributed by atoms with van der Waals surface area (Å²) in [6.07, 6.45) is 6.67. The van der Waals surface area contributed by atoms with E-state index < -0.39 is 0 Å².